The summed E-state index contributed by atoms with van der Waals surface area (Å²) in [6.07, 6.45) is 4.85. The summed E-state index contributed by atoms with van der Waals surface area (Å²) in [7, 11) is 0. The number of carbonyl (C=O) groups excluding carboxylic acids is 2. The van der Waals surface area contributed by atoms with Crippen LogP contribution in [0.4, 0.5) is 0 Å². The van der Waals surface area contributed by atoms with Crippen LogP contribution in [0.1, 0.15) is 38.6 Å². The first-order valence-corrected chi connectivity index (χ1v) is 8.61. The van der Waals surface area contributed by atoms with Crippen LogP contribution in [0.3, 0.4) is 0 Å². The molecule has 2 aromatic carbocycles. The van der Waals surface area contributed by atoms with Crippen LogP contribution in [-0.4, -0.2) is 29.4 Å². The fraction of sp³-hybridized carbons (Fsp3) is 0.238. The minimum absolute atomic E-state index is 0.186. The monoisotopic (exact) mass is 331 g/mol. The Kier molecular flexibility index (Phi) is 3.07. The van der Waals surface area contributed by atoms with Crippen LogP contribution in [0, 0.1) is 5.92 Å². The van der Waals surface area contributed by atoms with Crippen LogP contribution in [0.15, 0.2) is 60.7 Å². The SMILES string of the molecule is O=C1c2ccccc2C(=O)N1[C@H]1C=C[C@@H]2COc3ccccc3[C@@H]2C1. The molecule has 3 atom stereocenters. The molecule has 2 aliphatic heterocycles. The Balaban J connectivity index is 1.50. The van der Waals surface area contributed by atoms with Gasteiger partial charge < -0.3 is 4.74 Å². The molecular formula is C21H17NO3. The molecule has 0 spiro atoms. The summed E-state index contributed by atoms with van der Waals surface area (Å²) in [5, 5.41) is 0. The normalized spacial score (nSPS) is 26.7. The molecule has 2 heterocycles. The van der Waals surface area contributed by atoms with E-state index in [0.717, 1.165) is 12.2 Å². The molecule has 4 heteroatoms. The average Bonchev–Trinajstić information content (AvgIpc) is 2.92. The van der Waals surface area contributed by atoms with Crippen LogP contribution in [0.5, 0.6) is 5.75 Å². The van der Waals surface area contributed by atoms with Crippen molar-refractivity contribution in [2.24, 2.45) is 5.92 Å². The van der Waals surface area contributed by atoms with Crippen molar-refractivity contribution < 1.29 is 14.3 Å². The standard InChI is InChI=1S/C21H17NO3/c23-20-16-6-1-2-7-17(16)21(24)22(20)14-10-9-13-12-25-19-8-4-3-5-15(19)18(13)11-14/h1-10,13-14,18H,11-12H2/t13-,14+,18-/m1/s1. The Bertz CT molecular complexity index is 882. The molecule has 0 aromatic heterocycles. The van der Waals surface area contributed by atoms with Gasteiger partial charge in [-0.2, -0.15) is 0 Å². The Morgan fingerprint density at radius 3 is 2.32 bits per heavy atom. The lowest BCUT2D eigenvalue weighted by Crippen LogP contribution is -2.43. The van der Waals surface area contributed by atoms with Gasteiger partial charge in [-0.1, -0.05) is 42.5 Å². The van der Waals surface area contributed by atoms with Crippen LogP contribution in [0.25, 0.3) is 0 Å². The quantitative estimate of drug-likeness (QED) is 0.594. The summed E-state index contributed by atoms with van der Waals surface area (Å²) in [6.45, 7) is 0.646. The molecule has 0 unspecified atom stereocenters. The summed E-state index contributed by atoms with van der Waals surface area (Å²) >= 11 is 0. The van der Waals surface area contributed by atoms with Crippen LogP contribution in [-0.2, 0) is 0 Å². The Morgan fingerprint density at radius 1 is 0.880 bits per heavy atom. The van der Waals surface area contributed by atoms with Crippen LogP contribution in [0.2, 0.25) is 0 Å². The zero-order valence-corrected chi connectivity index (χ0v) is 13.6. The number of hydrogen-bond acceptors (Lipinski definition) is 3. The number of ether oxygens (including phenoxy) is 1. The topological polar surface area (TPSA) is 46.6 Å². The van der Waals surface area contributed by atoms with Crippen molar-refractivity contribution in [3.05, 3.63) is 77.4 Å². The van der Waals surface area contributed by atoms with Crippen molar-refractivity contribution >= 4 is 11.8 Å². The molecule has 25 heavy (non-hydrogen) atoms. The molecular weight excluding hydrogens is 314 g/mol. The van der Waals surface area contributed by atoms with Gasteiger partial charge in [-0.05, 0) is 36.1 Å². The first-order valence-electron chi connectivity index (χ1n) is 8.61. The van der Waals surface area contributed by atoms with Gasteiger partial charge in [0.25, 0.3) is 11.8 Å². The second kappa shape index (κ2) is 5.31. The molecule has 0 radical (unpaired) electrons. The van der Waals surface area contributed by atoms with Crippen LogP contribution >= 0.6 is 0 Å². The van der Waals surface area contributed by atoms with Crippen molar-refractivity contribution in [3.8, 4) is 5.75 Å². The lowest BCUT2D eigenvalue weighted by molar-refractivity contribution is 0.0588. The van der Waals surface area contributed by atoms with Crippen LogP contribution < -0.4 is 4.74 Å². The minimum Gasteiger partial charge on any atom is -0.493 e. The van der Waals surface area contributed by atoms with Gasteiger partial charge in [-0.3, -0.25) is 14.5 Å². The number of hydrogen-bond donors (Lipinski definition) is 0. The van der Waals surface area contributed by atoms with E-state index in [2.05, 4.69) is 12.1 Å². The molecule has 2 amide bonds. The van der Waals surface area contributed by atoms with E-state index in [-0.39, 0.29) is 23.8 Å². The average molecular weight is 331 g/mol. The molecule has 3 aliphatic rings. The summed E-state index contributed by atoms with van der Waals surface area (Å²) in [5.74, 6) is 1.11. The zero-order valence-electron chi connectivity index (χ0n) is 13.6. The predicted molar refractivity (Wildman–Crippen MR) is 92.7 cm³/mol. The van der Waals surface area contributed by atoms with Gasteiger partial charge in [0.1, 0.15) is 5.75 Å². The van der Waals surface area contributed by atoms with Gasteiger partial charge in [0.2, 0.25) is 0 Å². The van der Waals surface area contributed by atoms with E-state index >= 15 is 0 Å². The lowest BCUT2D eigenvalue weighted by Gasteiger charge is -2.38. The van der Waals surface area contributed by atoms with Gasteiger partial charge in [0.05, 0.1) is 23.8 Å². The lowest BCUT2D eigenvalue weighted by atomic mass is 9.76. The maximum atomic E-state index is 12.8. The highest BCUT2D eigenvalue weighted by molar-refractivity contribution is 6.21. The fourth-order valence-corrected chi connectivity index (χ4v) is 4.25. The summed E-state index contributed by atoms with van der Waals surface area (Å²) in [6, 6.07) is 14.9. The highest BCUT2D eigenvalue weighted by atomic mass is 16.5. The number of rotatable bonds is 1. The molecule has 1 aliphatic carbocycles. The van der Waals surface area contributed by atoms with Gasteiger partial charge in [0, 0.05) is 5.92 Å². The Hall–Kier alpha value is -2.88. The van der Waals surface area contributed by atoms with Gasteiger partial charge in [-0.25, -0.2) is 0 Å². The number of carbonyl (C=O) groups is 2. The minimum atomic E-state index is -0.209. The third-order valence-electron chi connectivity index (χ3n) is 5.50. The summed E-state index contributed by atoms with van der Waals surface area (Å²) in [5.41, 5.74) is 2.19. The van der Waals surface area contributed by atoms with Gasteiger partial charge >= 0.3 is 0 Å². The zero-order chi connectivity index (χ0) is 17.0. The summed E-state index contributed by atoms with van der Waals surface area (Å²) < 4.78 is 5.85. The van der Waals surface area contributed by atoms with Gasteiger partial charge in [0.15, 0.2) is 0 Å². The van der Waals surface area contributed by atoms with E-state index in [0.29, 0.717) is 23.7 Å². The van der Waals surface area contributed by atoms with Crippen molar-refractivity contribution in [3.63, 3.8) is 0 Å². The number of nitrogens with zero attached hydrogens (tertiary/aromatic N) is 1. The molecule has 0 N–H and O–H groups in total. The number of imide groups is 1. The largest absolute Gasteiger partial charge is 0.493 e. The first-order chi connectivity index (χ1) is 12.2. The Morgan fingerprint density at radius 2 is 1.56 bits per heavy atom. The molecule has 4 nitrogen and oxygen atoms in total. The highest BCUT2D eigenvalue weighted by Gasteiger charge is 2.43. The van der Waals surface area contributed by atoms with E-state index in [1.165, 1.54) is 10.5 Å². The van der Waals surface area contributed by atoms with Crippen molar-refractivity contribution in [2.75, 3.05) is 6.61 Å². The van der Waals surface area contributed by atoms with Crippen molar-refractivity contribution in [2.45, 2.75) is 18.4 Å². The number of fused-ring (bicyclic) bond motifs is 4. The highest BCUT2D eigenvalue weighted by Crippen LogP contribution is 2.44. The third kappa shape index (κ3) is 2.07. The smallest absolute Gasteiger partial charge is 0.262 e. The fourth-order valence-electron chi connectivity index (χ4n) is 4.25. The van der Waals surface area contributed by atoms with Gasteiger partial charge in [-0.15, -0.1) is 0 Å². The number of para-hydroxylation sites is 1. The first kappa shape index (κ1) is 14.5. The van der Waals surface area contributed by atoms with E-state index in [4.69, 9.17) is 4.74 Å². The van der Waals surface area contributed by atoms with Crippen molar-refractivity contribution in [1.82, 2.24) is 4.90 Å². The predicted octanol–water partition coefficient (Wildman–Crippen LogP) is 3.40. The van der Waals surface area contributed by atoms with E-state index in [1.54, 1.807) is 24.3 Å². The molecule has 2 aromatic rings. The maximum absolute atomic E-state index is 12.8. The van der Waals surface area contributed by atoms with E-state index < -0.39 is 0 Å². The third-order valence-corrected chi connectivity index (χ3v) is 5.50. The molecule has 0 bridgehead atoms. The molecule has 5 rings (SSSR count). The van der Waals surface area contributed by atoms with Crippen molar-refractivity contribution in [1.29, 1.82) is 0 Å². The molecule has 0 saturated carbocycles. The second-order valence-corrected chi connectivity index (χ2v) is 6.83. The van der Waals surface area contributed by atoms with E-state index in [9.17, 15) is 9.59 Å². The maximum Gasteiger partial charge on any atom is 0.262 e. The molecule has 124 valence electrons. The molecule has 0 saturated heterocycles. The number of benzene rings is 2. The number of amides is 2. The molecule has 0 fully saturated rings. The van der Waals surface area contributed by atoms with E-state index in [1.807, 2.05) is 24.3 Å². The summed E-state index contributed by atoms with van der Waals surface area (Å²) in [4.78, 5) is 26.9. The second-order valence-electron chi connectivity index (χ2n) is 6.83. The Labute approximate surface area is 145 Å².